The number of aromatic nitrogens is 1. The van der Waals surface area contributed by atoms with Crippen LogP contribution in [0.4, 0.5) is 5.13 Å². The first kappa shape index (κ1) is 14.9. The molecule has 0 aliphatic carbocycles. The van der Waals surface area contributed by atoms with Gasteiger partial charge in [0.1, 0.15) is 0 Å². The van der Waals surface area contributed by atoms with E-state index in [1.165, 1.54) is 28.4 Å². The number of carbonyl (C=O) groups is 2. The number of hydrogen-bond donors (Lipinski definition) is 1. The number of aliphatic carboxylic acids is 1. The van der Waals surface area contributed by atoms with Crippen LogP contribution < -0.4 is 4.90 Å². The number of carboxylic acid groups (broad SMARTS) is 1. The third-order valence-corrected chi connectivity index (χ3v) is 5.63. The Bertz CT molecular complexity index is 887. The van der Waals surface area contributed by atoms with E-state index in [1.807, 2.05) is 0 Å². The lowest BCUT2D eigenvalue weighted by Crippen LogP contribution is -2.25. The minimum absolute atomic E-state index is 0.0418. The second-order valence-electron chi connectivity index (χ2n) is 5.14. The highest BCUT2D eigenvalue weighted by atomic mass is 32.2. The lowest BCUT2D eigenvalue weighted by atomic mass is 10.1. The zero-order valence-corrected chi connectivity index (χ0v) is 13.1. The molecule has 3 rings (SSSR count). The number of hydrogen-bond acceptors (Lipinski definition) is 6. The van der Waals surface area contributed by atoms with E-state index < -0.39 is 21.7 Å². The Morgan fingerprint density at radius 2 is 2.18 bits per heavy atom. The lowest BCUT2D eigenvalue weighted by Gasteiger charge is -2.10. The van der Waals surface area contributed by atoms with Crippen molar-refractivity contribution in [3.8, 4) is 0 Å². The number of rotatable bonds is 3. The van der Waals surface area contributed by atoms with E-state index in [0.29, 0.717) is 15.3 Å². The number of carboxylic acids is 1. The lowest BCUT2D eigenvalue weighted by molar-refractivity contribution is -0.141. The molecule has 1 aromatic carbocycles. The summed E-state index contributed by atoms with van der Waals surface area (Å²) in [6.07, 6.45) is 1.08. The maximum Gasteiger partial charge on any atom is 0.308 e. The number of fused-ring (bicyclic) bond motifs is 1. The summed E-state index contributed by atoms with van der Waals surface area (Å²) in [4.78, 5) is 28.7. The number of anilines is 1. The van der Waals surface area contributed by atoms with Crippen molar-refractivity contribution in [3.05, 3.63) is 18.2 Å². The fourth-order valence-corrected chi connectivity index (χ4v) is 4.05. The molecule has 116 valence electrons. The largest absolute Gasteiger partial charge is 0.481 e. The van der Waals surface area contributed by atoms with E-state index in [4.69, 9.17) is 5.11 Å². The molecule has 1 saturated heterocycles. The Morgan fingerprint density at radius 3 is 2.77 bits per heavy atom. The molecule has 1 aliphatic heterocycles. The maximum absolute atomic E-state index is 11.9. The van der Waals surface area contributed by atoms with E-state index in [9.17, 15) is 18.0 Å². The molecule has 1 fully saturated rings. The monoisotopic (exact) mass is 340 g/mol. The van der Waals surface area contributed by atoms with Crippen LogP contribution in [-0.2, 0) is 19.4 Å². The molecular formula is C13H12N2O5S2. The van der Waals surface area contributed by atoms with Crippen LogP contribution in [0.1, 0.15) is 6.42 Å². The number of thiazole rings is 1. The average Bonchev–Trinajstić information content (AvgIpc) is 2.99. The Labute approximate surface area is 130 Å². The maximum atomic E-state index is 11.9. The van der Waals surface area contributed by atoms with Crippen LogP contribution in [0, 0.1) is 5.92 Å². The number of amides is 1. The first-order valence-electron chi connectivity index (χ1n) is 6.39. The van der Waals surface area contributed by atoms with Crippen LogP contribution in [0.25, 0.3) is 10.2 Å². The van der Waals surface area contributed by atoms with Gasteiger partial charge in [-0.3, -0.25) is 14.5 Å². The van der Waals surface area contributed by atoms with Crippen molar-refractivity contribution >= 4 is 48.4 Å². The second kappa shape index (κ2) is 5.03. The third kappa shape index (κ3) is 2.57. The smallest absolute Gasteiger partial charge is 0.308 e. The molecule has 2 heterocycles. The third-order valence-electron chi connectivity index (χ3n) is 3.48. The molecule has 0 radical (unpaired) electrons. The predicted octanol–water partition coefficient (Wildman–Crippen LogP) is 1.14. The molecule has 22 heavy (non-hydrogen) atoms. The van der Waals surface area contributed by atoms with Gasteiger partial charge in [0.2, 0.25) is 5.91 Å². The van der Waals surface area contributed by atoms with Gasteiger partial charge in [-0.25, -0.2) is 13.4 Å². The van der Waals surface area contributed by atoms with Crippen molar-refractivity contribution in [3.63, 3.8) is 0 Å². The molecule has 7 nitrogen and oxygen atoms in total. The van der Waals surface area contributed by atoms with Crippen molar-refractivity contribution in [2.24, 2.45) is 5.92 Å². The Morgan fingerprint density at radius 1 is 1.45 bits per heavy atom. The normalized spacial score (nSPS) is 19.0. The highest BCUT2D eigenvalue weighted by Gasteiger charge is 2.36. The molecule has 1 aromatic heterocycles. The molecule has 9 heteroatoms. The topological polar surface area (TPSA) is 105 Å². The molecule has 1 atom stereocenters. The summed E-state index contributed by atoms with van der Waals surface area (Å²) in [5.74, 6) is -2.02. The van der Waals surface area contributed by atoms with Gasteiger partial charge in [-0.05, 0) is 18.2 Å². The molecule has 0 spiro atoms. The van der Waals surface area contributed by atoms with E-state index in [0.717, 1.165) is 6.26 Å². The first-order chi connectivity index (χ1) is 10.3. The minimum atomic E-state index is -3.31. The van der Waals surface area contributed by atoms with Crippen LogP contribution in [-0.4, -0.2) is 43.2 Å². The highest BCUT2D eigenvalue weighted by molar-refractivity contribution is 7.90. The van der Waals surface area contributed by atoms with Crippen molar-refractivity contribution in [2.45, 2.75) is 11.3 Å². The number of carbonyl (C=O) groups excluding carboxylic acids is 1. The number of sulfone groups is 1. The Balaban J connectivity index is 1.99. The molecule has 2 aromatic rings. The molecular weight excluding hydrogens is 328 g/mol. The second-order valence-corrected chi connectivity index (χ2v) is 8.17. The standard InChI is InChI=1S/C13H12N2O5S2/c1-22(19,20)8-2-3-9-10(5-8)21-13(14-9)15-6-7(12(17)18)4-11(15)16/h2-3,5,7H,4,6H2,1H3,(H,17,18). The summed E-state index contributed by atoms with van der Waals surface area (Å²) in [6.45, 7) is 0.0902. The zero-order valence-electron chi connectivity index (χ0n) is 11.5. The van der Waals surface area contributed by atoms with Crippen molar-refractivity contribution < 1.29 is 23.1 Å². The molecule has 0 saturated carbocycles. The van der Waals surface area contributed by atoms with Gasteiger partial charge in [-0.2, -0.15) is 0 Å². The van der Waals surface area contributed by atoms with Gasteiger partial charge in [-0.15, -0.1) is 0 Å². The van der Waals surface area contributed by atoms with Gasteiger partial charge in [0.25, 0.3) is 0 Å². The summed E-state index contributed by atoms with van der Waals surface area (Å²) in [6, 6.07) is 4.56. The van der Waals surface area contributed by atoms with Gasteiger partial charge >= 0.3 is 5.97 Å². The Hall–Kier alpha value is -2.00. The average molecular weight is 340 g/mol. The summed E-state index contributed by atoms with van der Waals surface area (Å²) in [5, 5.41) is 9.40. The van der Waals surface area contributed by atoms with Gasteiger partial charge in [0.05, 0.1) is 21.0 Å². The van der Waals surface area contributed by atoms with Crippen molar-refractivity contribution in [1.29, 1.82) is 0 Å². The molecule has 1 unspecified atom stereocenters. The van der Waals surface area contributed by atoms with Crippen LogP contribution >= 0.6 is 11.3 Å². The number of nitrogens with zero attached hydrogens (tertiary/aromatic N) is 2. The van der Waals surface area contributed by atoms with Gasteiger partial charge in [0, 0.05) is 19.2 Å². The fourth-order valence-electron chi connectivity index (χ4n) is 2.30. The summed E-state index contributed by atoms with van der Waals surface area (Å²) in [7, 11) is -3.31. The number of benzene rings is 1. The first-order valence-corrected chi connectivity index (χ1v) is 9.10. The zero-order chi connectivity index (χ0) is 16.1. The van der Waals surface area contributed by atoms with E-state index >= 15 is 0 Å². The SMILES string of the molecule is CS(=O)(=O)c1ccc2nc(N3CC(C(=O)O)CC3=O)sc2c1. The van der Waals surface area contributed by atoms with Gasteiger partial charge < -0.3 is 5.11 Å². The fraction of sp³-hybridized carbons (Fsp3) is 0.308. The van der Waals surface area contributed by atoms with Crippen molar-refractivity contribution in [1.82, 2.24) is 4.98 Å². The Kier molecular flexibility index (Phi) is 3.41. The van der Waals surface area contributed by atoms with Crippen LogP contribution in [0.2, 0.25) is 0 Å². The molecule has 0 bridgehead atoms. The van der Waals surface area contributed by atoms with Gasteiger partial charge in [-0.1, -0.05) is 11.3 Å². The molecule has 1 amide bonds. The highest BCUT2D eigenvalue weighted by Crippen LogP contribution is 2.33. The van der Waals surface area contributed by atoms with Gasteiger partial charge in [0.15, 0.2) is 15.0 Å². The van der Waals surface area contributed by atoms with Crippen LogP contribution in [0.5, 0.6) is 0 Å². The molecule has 1 N–H and O–H groups in total. The van der Waals surface area contributed by atoms with Crippen molar-refractivity contribution in [2.75, 3.05) is 17.7 Å². The summed E-state index contributed by atoms with van der Waals surface area (Å²) in [5.41, 5.74) is 0.582. The van der Waals surface area contributed by atoms with Crippen LogP contribution in [0.15, 0.2) is 23.1 Å². The summed E-state index contributed by atoms with van der Waals surface area (Å²) >= 11 is 1.18. The minimum Gasteiger partial charge on any atom is -0.481 e. The van der Waals surface area contributed by atoms with E-state index in [2.05, 4.69) is 4.98 Å². The summed E-state index contributed by atoms with van der Waals surface area (Å²) < 4.78 is 23.8. The quantitative estimate of drug-likeness (QED) is 0.898. The predicted molar refractivity (Wildman–Crippen MR) is 80.8 cm³/mol. The molecule has 1 aliphatic rings. The van der Waals surface area contributed by atoms with E-state index in [1.54, 1.807) is 6.07 Å². The van der Waals surface area contributed by atoms with E-state index in [-0.39, 0.29) is 23.8 Å². The van der Waals surface area contributed by atoms with Crippen LogP contribution in [0.3, 0.4) is 0 Å².